The fourth-order valence-corrected chi connectivity index (χ4v) is 3.29. The van der Waals surface area contributed by atoms with Gasteiger partial charge in [-0.2, -0.15) is 0 Å². The molecule has 0 atom stereocenters. The average molecular weight is 349 g/mol. The largest absolute Gasteiger partial charge is 0.351 e. The predicted octanol–water partition coefficient (Wildman–Crippen LogP) is 0.321. The number of hydrogen-bond acceptors (Lipinski definition) is 6. The van der Waals surface area contributed by atoms with Crippen LogP contribution >= 0.6 is 0 Å². The molecule has 24 heavy (non-hydrogen) atoms. The number of hydrogen-bond donors (Lipinski definition) is 2. The first kappa shape index (κ1) is 16.6. The number of benzene rings is 1. The number of anilines is 1. The number of aromatic nitrogens is 2. The summed E-state index contributed by atoms with van der Waals surface area (Å²) in [5.74, 6) is -0.528. The van der Waals surface area contributed by atoms with Crippen molar-refractivity contribution in [3.05, 3.63) is 30.5 Å². The SMILES string of the molecule is NS(=O)(=O)CC(=O)N1CCC(Nc2ncc3ccccc3n2)CC1. The lowest BCUT2D eigenvalue weighted by Crippen LogP contribution is -2.45. The van der Waals surface area contributed by atoms with E-state index in [9.17, 15) is 13.2 Å². The van der Waals surface area contributed by atoms with E-state index in [0.717, 1.165) is 10.9 Å². The molecule has 128 valence electrons. The number of nitrogens with zero attached hydrogens (tertiary/aromatic N) is 3. The number of para-hydroxylation sites is 1. The maximum Gasteiger partial charge on any atom is 0.239 e. The van der Waals surface area contributed by atoms with Gasteiger partial charge >= 0.3 is 0 Å². The Kier molecular flexibility index (Phi) is 4.63. The zero-order chi connectivity index (χ0) is 17.2. The van der Waals surface area contributed by atoms with Gasteiger partial charge in [0.1, 0.15) is 5.75 Å². The maximum absolute atomic E-state index is 11.8. The van der Waals surface area contributed by atoms with Crippen LogP contribution in [-0.4, -0.2) is 54.1 Å². The van der Waals surface area contributed by atoms with Crippen molar-refractivity contribution in [2.75, 3.05) is 24.2 Å². The van der Waals surface area contributed by atoms with Crippen molar-refractivity contribution in [1.82, 2.24) is 14.9 Å². The zero-order valence-corrected chi connectivity index (χ0v) is 13.9. The van der Waals surface area contributed by atoms with Crippen molar-refractivity contribution in [2.24, 2.45) is 5.14 Å². The summed E-state index contributed by atoms with van der Waals surface area (Å²) >= 11 is 0. The number of amides is 1. The highest BCUT2D eigenvalue weighted by molar-refractivity contribution is 7.89. The molecule has 1 aromatic carbocycles. The molecular weight excluding hydrogens is 330 g/mol. The Morgan fingerprint density at radius 3 is 2.71 bits per heavy atom. The standard InChI is InChI=1S/C15H19N5O3S/c16-24(22,23)10-14(21)20-7-5-12(6-8-20)18-15-17-9-11-3-1-2-4-13(11)19-15/h1-4,9,12H,5-8,10H2,(H2,16,22,23)(H,17,18,19). The number of sulfonamides is 1. The number of piperidine rings is 1. The van der Waals surface area contributed by atoms with Gasteiger partial charge in [-0.15, -0.1) is 0 Å². The van der Waals surface area contributed by atoms with Gasteiger partial charge < -0.3 is 10.2 Å². The van der Waals surface area contributed by atoms with Crippen LogP contribution < -0.4 is 10.5 Å². The quantitative estimate of drug-likeness (QED) is 0.821. The van der Waals surface area contributed by atoms with Gasteiger partial charge in [-0.1, -0.05) is 18.2 Å². The Labute approximate surface area is 140 Å². The summed E-state index contributed by atoms with van der Waals surface area (Å²) < 4.78 is 22.0. The molecule has 0 bridgehead atoms. The highest BCUT2D eigenvalue weighted by Crippen LogP contribution is 2.17. The van der Waals surface area contributed by atoms with E-state index in [1.165, 1.54) is 4.90 Å². The van der Waals surface area contributed by atoms with Gasteiger partial charge in [-0.25, -0.2) is 23.5 Å². The van der Waals surface area contributed by atoms with Crippen LogP contribution in [0, 0.1) is 0 Å². The number of nitrogens with one attached hydrogen (secondary N) is 1. The van der Waals surface area contributed by atoms with Crippen LogP contribution in [0.2, 0.25) is 0 Å². The Balaban J connectivity index is 1.57. The summed E-state index contributed by atoms with van der Waals surface area (Å²) in [6.45, 7) is 0.971. The Hall–Kier alpha value is -2.26. The highest BCUT2D eigenvalue weighted by Gasteiger charge is 2.25. The topological polar surface area (TPSA) is 118 Å². The van der Waals surface area contributed by atoms with Crippen molar-refractivity contribution in [3.8, 4) is 0 Å². The lowest BCUT2D eigenvalue weighted by atomic mass is 10.1. The fourth-order valence-electron chi connectivity index (χ4n) is 2.76. The van der Waals surface area contributed by atoms with E-state index >= 15 is 0 Å². The van der Waals surface area contributed by atoms with Gasteiger partial charge in [-0.3, -0.25) is 4.79 Å². The number of nitrogens with two attached hydrogens (primary N) is 1. The Bertz CT molecular complexity index is 847. The van der Waals surface area contributed by atoms with E-state index in [4.69, 9.17) is 5.14 Å². The van der Waals surface area contributed by atoms with Gasteiger partial charge in [0.2, 0.25) is 21.9 Å². The first-order chi connectivity index (χ1) is 11.4. The van der Waals surface area contributed by atoms with E-state index in [2.05, 4.69) is 15.3 Å². The van der Waals surface area contributed by atoms with Crippen molar-refractivity contribution in [2.45, 2.75) is 18.9 Å². The second kappa shape index (κ2) is 6.70. The average Bonchev–Trinajstić information content (AvgIpc) is 2.54. The summed E-state index contributed by atoms with van der Waals surface area (Å²) in [6.07, 6.45) is 3.18. The molecule has 0 spiro atoms. The molecule has 2 heterocycles. The third-order valence-electron chi connectivity index (χ3n) is 3.99. The molecule has 1 amide bonds. The lowest BCUT2D eigenvalue weighted by molar-refractivity contribution is -0.129. The fraction of sp³-hybridized carbons (Fsp3) is 0.400. The van der Waals surface area contributed by atoms with Crippen LogP contribution in [0.5, 0.6) is 0 Å². The second-order valence-electron chi connectivity index (χ2n) is 5.86. The molecule has 1 aliphatic heterocycles. The van der Waals surface area contributed by atoms with Crippen molar-refractivity contribution in [3.63, 3.8) is 0 Å². The number of carbonyl (C=O) groups is 1. The van der Waals surface area contributed by atoms with Gasteiger partial charge in [0.25, 0.3) is 0 Å². The molecule has 1 saturated heterocycles. The van der Waals surface area contributed by atoms with E-state index in [-0.39, 0.29) is 6.04 Å². The molecule has 1 aromatic heterocycles. The number of rotatable bonds is 4. The monoisotopic (exact) mass is 349 g/mol. The molecule has 0 unspecified atom stereocenters. The minimum absolute atomic E-state index is 0.143. The van der Waals surface area contributed by atoms with Crippen molar-refractivity contribution in [1.29, 1.82) is 0 Å². The molecule has 0 radical (unpaired) electrons. The van der Waals surface area contributed by atoms with E-state index in [0.29, 0.717) is 31.9 Å². The molecule has 8 nitrogen and oxygen atoms in total. The van der Waals surface area contributed by atoms with E-state index in [1.807, 2.05) is 24.3 Å². The van der Waals surface area contributed by atoms with Gasteiger partial charge in [0.05, 0.1) is 5.52 Å². The molecule has 9 heteroatoms. The van der Waals surface area contributed by atoms with E-state index < -0.39 is 21.7 Å². The smallest absolute Gasteiger partial charge is 0.239 e. The zero-order valence-electron chi connectivity index (χ0n) is 13.1. The number of carbonyl (C=O) groups excluding carboxylic acids is 1. The predicted molar refractivity (Wildman–Crippen MR) is 90.7 cm³/mol. The van der Waals surface area contributed by atoms with Gasteiger partial charge in [-0.05, 0) is 18.9 Å². The summed E-state index contributed by atoms with van der Waals surface area (Å²) in [4.78, 5) is 22.2. The second-order valence-corrected chi connectivity index (χ2v) is 7.47. The molecule has 3 N–H and O–H groups in total. The summed E-state index contributed by atoms with van der Waals surface area (Å²) in [7, 11) is -3.78. The normalized spacial score (nSPS) is 16.3. The maximum atomic E-state index is 11.8. The number of likely N-dealkylation sites (tertiary alicyclic amines) is 1. The van der Waals surface area contributed by atoms with Gasteiger partial charge in [0.15, 0.2) is 0 Å². The molecular formula is C15H19N5O3S. The number of fused-ring (bicyclic) bond motifs is 1. The van der Waals surface area contributed by atoms with Crippen LogP contribution in [0.25, 0.3) is 10.9 Å². The first-order valence-electron chi connectivity index (χ1n) is 7.67. The summed E-state index contributed by atoms with van der Waals surface area (Å²) in [5, 5.41) is 9.17. The van der Waals surface area contributed by atoms with Crippen molar-refractivity contribution >= 4 is 32.8 Å². The van der Waals surface area contributed by atoms with Crippen LogP contribution in [0.3, 0.4) is 0 Å². The van der Waals surface area contributed by atoms with Crippen LogP contribution in [0.15, 0.2) is 30.5 Å². The highest BCUT2D eigenvalue weighted by atomic mass is 32.2. The summed E-state index contributed by atoms with van der Waals surface area (Å²) in [6, 6.07) is 7.89. The third kappa shape index (κ3) is 4.18. The first-order valence-corrected chi connectivity index (χ1v) is 9.39. The van der Waals surface area contributed by atoms with E-state index in [1.54, 1.807) is 6.20 Å². The molecule has 0 saturated carbocycles. The lowest BCUT2D eigenvalue weighted by Gasteiger charge is -2.32. The molecule has 1 fully saturated rings. The minimum Gasteiger partial charge on any atom is -0.351 e. The number of primary sulfonamides is 1. The van der Waals surface area contributed by atoms with Gasteiger partial charge in [0, 0.05) is 30.7 Å². The molecule has 2 aromatic rings. The third-order valence-corrected chi connectivity index (χ3v) is 4.64. The summed E-state index contributed by atoms with van der Waals surface area (Å²) in [5.41, 5.74) is 0.871. The molecule has 0 aliphatic carbocycles. The minimum atomic E-state index is -3.78. The molecule has 3 rings (SSSR count). The Morgan fingerprint density at radius 1 is 1.29 bits per heavy atom. The van der Waals surface area contributed by atoms with Crippen LogP contribution in [0.1, 0.15) is 12.8 Å². The van der Waals surface area contributed by atoms with Crippen LogP contribution in [0.4, 0.5) is 5.95 Å². The Morgan fingerprint density at radius 2 is 2.00 bits per heavy atom. The van der Waals surface area contributed by atoms with Crippen LogP contribution in [-0.2, 0) is 14.8 Å². The van der Waals surface area contributed by atoms with Crippen molar-refractivity contribution < 1.29 is 13.2 Å². The molecule has 1 aliphatic rings.